The number of carbonyl (C=O) groups is 1. The predicted molar refractivity (Wildman–Crippen MR) is 96.6 cm³/mol. The van der Waals surface area contributed by atoms with Gasteiger partial charge in [-0.15, -0.1) is 0 Å². The molecule has 1 aliphatic rings. The molecule has 0 radical (unpaired) electrons. The summed E-state index contributed by atoms with van der Waals surface area (Å²) in [5, 5.41) is 30.9. The number of aliphatic hydroxyl groups is 3. The summed E-state index contributed by atoms with van der Waals surface area (Å²) >= 11 is 0. The van der Waals surface area contributed by atoms with Crippen LogP contribution in [0.2, 0.25) is 0 Å². The summed E-state index contributed by atoms with van der Waals surface area (Å²) in [5.41, 5.74) is 4.92. The molecule has 5 N–H and O–H groups in total. The normalized spacial score (nSPS) is 27.9. The third-order valence-electron chi connectivity index (χ3n) is 4.76. The Hall–Kier alpha value is -2.73. The molecule has 152 valence electrons. The lowest BCUT2D eigenvalue weighted by Gasteiger charge is -2.27. The number of aliphatic hydroxyl groups excluding tert-OH is 2. The first kappa shape index (κ1) is 20.0. The van der Waals surface area contributed by atoms with Gasteiger partial charge in [0.05, 0.1) is 32.3 Å². The van der Waals surface area contributed by atoms with E-state index in [9.17, 15) is 20.1 Å². The minimum atomic E-state index is -1.74. The number of hydrogen-bond acceptors (Lipinski definition) is 10. The van der Waals surface area contributed by atoms with Gasteiger partial charge < -0.3 is 39.8 Å². The summed E-state index contributed by atoms with van der Waals surface area (Å²) in [4.78, 5) is 19.9. The Morgan fingerprint density at radius 1 is 1.43 bits per heavy atom. The molecule has 0 aromatic carbocycles. The van der Waals surface area contributed by atoms with Gasteiger partial charge in [0.15, 0.2) is 6.23 Å². The Balaban J connectivity index is 2.22. The van der Waals surface area contributed by atoms with Crippen LogP contribution in [-0.2, 0) is 19.0 Å². The largest absolute Gasteiger partial charge is 0.496 e. The Bertz CT molecular complexity index is 924. The van der Waals surface area contributed by atoms with Crippen LogP contribution in [0.4, 0.5) is 5.82 Å². The summed E-state index contributed by atoms with van der Waals surface area (Å²) < 4.78 is 17.1. The number of aromatic nitrogens is 3. The second-order valence-corrected chi connectivity index (χ2v) is 6.52. The van der Waals surface area contributed by atoms with Crippen molar-refractivity contribution in [1.29, 1.82) is 0 Å². The third kappa shape index (κ3) is 3.07. The van der Waals surface area contributed by atoms with Crippen molar-refractivity contribution in [2.75, 3.05) is 26.6 Å². The van der Waals surface area contributed by atoms with E-state index in [1.54, 1.807) is 0 Å². The molecule has 28 heavy (non-hydrogen) atoms. The van der Waals surface area contributed by atoms with Crippen molar-refractivity contribution in [3.05, 3.63) is 24.2 Å². The van der Waals surface area contributed by atoms with Crippen LogP contribution < -0.4 is 5.73 Å². The van der Waals surface area contributed by atoms with Crippen molar-refractivity contribution < 1.29 is 34.3 Å². The van der Waals surface area contributed by atoms with Crippen molar-refractivity contribution in [1.82, 2.24) is 14.5 Å². The van der Waals surface area contributed by atoms with Gasteiger partial charge in [0.25, 0.3) is 0 Å². The first-order chi connectivity index (χ1) is 13.3. The van der Waals surface area contributed by atoms with E-state index in [1.165, 1.54) is 38.2 Å². The Morgan fingerprint density at radius 3 is 2.71 bits per heavy atom. The molecule has 0 saturated carbocycles. The van der Waals surface area contributed by atoms with E-state index >= 15 is 0 Å². The van der Waals surface area contributed by atoms with Gasteiger partial charge in [0, 0.05) is 11.8 Å². The molecule has 1 saturated heterocycles. The molecular formula is C17H22N4O7. The minimum Gasteiger partial charge on any atom is -0.496 e. The van der Waals surface area contributed by atoms with Gasteiger partial charge >= 0.3 is 5.97 Å². The van der Waals surface area contributed by atoms with Gasteiger partial charge in [-0.2, -0.15) is 0 Å². The van der Waals surface area contributed by atoms with Crippen molar-refractivity contribution in [2.45, 2.75) is 31.0 Å². The van der Waals surface area contributed by atoms with Crippen LogP contribution in [0, 0.1) is 0 Å². The van der Waals surface area contributed by atoms with Gasteiger partial charge in [-0.3, -0.25) is 0 Å². The molecule has 0 amide bonds. The number of nitrogens with zero attached hydrogens (tertiary/aromatic N) is 3. The van der Waals surface area contributed by atoms with E-state index in [-0.39, 0.29) is 17.2 Å². The fraction of sp³-hybridized carbons (Fsp3) is 0.471. The number of nitrogens with two attached hydrogens (primary N) is 1. The first-order valence-electron chi connectivity index (χ1n) is 8.38. The summed E-state index contributed by atoms with van der Waals surface area (Å²) in [5.74, 6) is -0.398. The first-order valence-corrected chi connectivity index (χ1v) is 8.38. The van der Waals surface area contributed by atoms with E-state index < -0.39 is 36.6 Å². The molecule has 11 nitrogen and oxygen atoms in total. The predicted octanol–water partition coefficient (Wildman–Crippen LogP) is -0.825. The van der Waals surface area contributed by atoms with Crippen molar-refractivity contribution >= 4 is 28.6 Å². The maximum Gasteiger partial charge on any atom is 0.334 e. The highest BCUT2D eigenvalue weighted by atomic mass is 16.6. The molecule has 2 aromatic heterocycles. The third-order valence-corrected chi connectivity index (χ3v) is 4.76. The minimum absolute atomic E-state index is 0.114. The zero-order chi connectivity index (χ0) is 20.6. The highest BCUT2D eigenvalue weighted by molar-refractivity contribution is 6.00. The molecule has 2 aromatic rings. The fourth-order valence-electron chi connectivity index (χ4n) is 3.28. The zero-order valence-corrected chi connectivity index (χ0v) is 15.6. The second-order valence-electron chi connectivity index (χ2n) is 6.52. The Labute approximate surface area is 160 Å². The van der Waals surface area contributed by atoms with Crippen LogP contribution in [0.1, 0.15) is 18.7 Å². The maximum absolute atomic E-state index is 11.7. The smallest absolute Gasteiger partial charge is 0.334 e. The number of carbonyl (C=O) groups excluding carboxylic acids is 1. The summed E-state index contributed by atoms with van der Waals surface area (Å²) in [6.07, 6.45) is 0.450. The van der Waals surface area contributed by atoms with E-state index in [2.05, 4.69) is 14.7 Å². The van der Waals surface area contributed by atoms with Crippen LogP contribution in [0.5, 0.6) is 0 Å². The Kier molecular flexibility index (Phi) is 5.26. The van der Waals surface area contributed by atoms with Crippen LogP contribution in [0.3, 0.4) is 0 Å². The van der Waals surface area contributed by atoms with Gasteiger partial charge in [-0.05, 0) is 6.92 Å². The molecule has 1 fully saturated rings. The van der Waals surface area contributed by atoms with Gasteiger partial charge in [0.1, 0.15) is 41.4 Å². The van der Waals surface area contributed by atoms with Crippen molar-refractivity contribution in [3.8, 4) is 0 Å². The molecule has 0 spiro atoms. The van der Waals surface area contributed by atoms with Gasteiger partial charge in [-0.25, -0.2) is 14.8 Å². The Morgan fingerprint density at radius 2 is 2.14 bits per heavy atom. The summed E-state index contributed by atoms with van der Waals surface area (Å²) in [6.45, 7) is 0.901. The van der Waals surface area contributed by atoms with Crippen molar-refractivity contribution in [2.24, 2.45) is 0 Å². The number of methoxy groups -OCH3 is 2. The molecule has 3 rings (SSSR count). The molecule has 11 heteroatoms. The van der Waals surface area contributed by atoms with E-state index in [0.29, 0.717) is 10.9 Å². The molecule has 3 heterocycles. The highest BCUT2D eigenvalue weighted by Crippen LogP contribution is 2.41. The number of fused-ring (bicyclic) bond motifs is 1. The molecule has 0 aliphatic carbocycles. The molecule has 0 bridgehead atoms. The number of anilines is 1. The number of esters is 1. The molecule has 0 unspecified atom stereocenters. The highest BCUT2D eigenvalue weighted by Gasteiger charge is 2.53. The second kappa shape index (κ2) is 7.36. The van der Waals surface area contributed by atoms with Crippen LogP contribution in [-0.4, -0.2) is 74.5 Å². The number of nitrogen functional groups attached to an aromatic ring is 1. The SMILES string of the molecule is COC(=O)C=C(OC)c1cn([C@@H]2O[C@H](CO)[C@@H](O)[C@@]2(C)O)c2ncnc(N)c12. The lowest BCUT2D eigenvalue weighted by molar-refractivity contribution is -0.134. The van der Waals surface area contributed by atoms with Crippen LogP contribution in [0.15, 0.2) is 18.6 Å². The van der Waals surface area contributed by atoms with Gasteiger partial charge in [-0.1, -0.05) is 0 Å². The lowest BCUT2D eigenvalue weighted by Crippen LogP contribution is -2.44. The monoisotopic (exact) mass is 394 g/mol. The van der Waals surface area contributed by atoms with E-state index in [4.69, 9.17) is 15.2 Å². The van der Waals surface area contributed by atoms with E-state index in [0.717, 1.165) is 6.08 Å². The molecule has 1 aliphatic heterocycles. The van der Waals surface area contributed by atoms with Gasteiger partial charge in [0.2, 0.25) is 0 Å². The average Bonchev–Trinajstić information content (AvgIpc) is 3.16. The fourth-order valence-corrected chi connectivity index (χ4v) is 3.28. The molecular weight excluding hydrogens is 372 g/mol. The van der Waals surface area contributed by atoms with Crippen LogP contribution in [0.25, 0.3) is 16.8 Å². The topological polar surface area (TPSA) is 162 Å². The lowest BCUT2D eigenvalue weighted by atomic mass is 9.96. The van der Waals surface area contributed by atoms with Crippen LogP contribution >= 0.6 is 0 Å². The number of ether oxygens (including phenoxy) is 3. The van der Waals surface area contributed by atoms with Crippen molar-refractivity contribution in [3.63, 3.8) is 0 Å². The standard InChI is InChI=1S/C17H22N4O7/c1-17(25)13(24)10(6-22)28-16(17)21-5-8(9(26-2)4-11(23)27-3)12-14(18)19-7-20-15(12)21/h4-5,7,10,13,16,22,24-25H,6H2,1-3H3,(H2,18,19,20)/t10-,13-,16-,17-/m1/s1. The summed E-state index contributed by atoms with van der Waals surface area (Å²) in [6, 6.07) is 0. The average molecular weight is 394 g/mol. The number of rotatable bonds is 5. The molecule has 4 atom stereocenters. The zero-order valence-electron chi connectivity index (χ0n) is 15.6. The number of hydrogen-bond donors (Lipinski definition) is 4. The van der Waals surface area contributed by atoms with E-state index in [1.807, 2.05) is 0 Å². The maximum atomic E-state index is 11.7. The summed E-state index contributed by atoms with van der Waals surface area (Å²) in [7, 11) is 2.60. The quantitative estimate of drug-likeness (QED) is 0.286.